The highest BCUT2D eigenvalue weighted by molar-refractivity contribution is 6.41. The van der Waals surface area contributed by atoms with Gasteiger partial charge in [-0.05, 0) is 146 Å². The Morgan fingerprint density at radius 3 is 1.38 bits per heavy atom. The zero-order chi connectivity index (χ0) is 105. The standard InChI is InChI=1S/C96H156N18O25/c1-17-21-35-61(84(130)103-58(13)83(129)108-67(46-54(7)8)89(135)109-69(49-75(122)123)90(136)105-63(37-32-44-100-94(98)99)87(133)112-78(82(97)128)56(11)19-3)48-71(116)95(15)42-30-25-23-24-26-31-43-96(16,72(117)52-102-95)114-85(131)62(36-22-18-2)51-101-66(45-53(5)6)80(126)81(127)77(55(9)10)111-88(134)65(39-41-74(120)121)106-86(132)64(38-40-73(118)119)107-91(137)70(50-76(124)125)110-93(139)79(57(12)20-4)113-92(138)68(104-59(14)115)47-60-33-28-27-29-34-60/h23-24,27-29,33-34,53-58,61-70,77-79,101-102H,17-22,25-26,30-32,35-52H2,1-16H3,(H2,97,128)(H,103,130)(H,104,115)(H,105,136)(H,106,132)(H,107,137)(H,108,129)(H,109,135)(H,110,139)(H,111,134)(H,112,133)(H,113,138)(H,114,131)(H,118,119)(H,120,121)(H,122,123)(H,124,125)(H4,98,99,100)/b24-23-/t56-,57-,58?,61+,62+,63-,64-,65?,66-,67-,68?,69?,70?,77-,78-,79-,95-,96-/m0/s1. The van der Waals surface area contributed by atoms with Crippen molar-refractivity contribution in [1.29, 1.82) is 5.41 Å². The number of carbonyl (C=O) groups is 21. The van der Waals surface area contributed by atoms with Crippen LogP contribution in [0.25, 0.3) is 0 Å². The predicted molar refractivity (Wildman–Crippen MR) is 514 cm³/mol. The molecule has 1 aromatic rings. The highest BCUT2D eigenvalue weighted by Gasteiger charge is 2.44. The second kappa shape index (κ2) is 62.7. The molecule has 2 rings (SSSR count). The molecule has 1 aliphatic rings. The number of nitrogens with two attached hydrogens (primary N) is 2. The van der Waals surface area contributed by atoms with Crippen molar-refractivity contribution in [3.63, 3.8) is 0 Å². The van der Waals surface area contributed by atoms with Gasteiger partial charge >= 0.3 is 23.9 Å². The second-order valence-corrected chi connectivity index (χ2v) is 37.9. The Labute approximate surface area is 814 Å². The van der Waals surface area contributed by atoms with Crippen LogP contribution >= 0.6 is 0 Å². The molecule has 139 heavy (non-hydrogen) atoms. The Kier molecular flexibility index (Phi) is 55.4. The van der Waals surface area contributed by atoms with Gasteiger partial charge in [-0.3, -0.25) is 111 Å². The third-order valence-corrected chi connectivity index (χ3v) is 24.5. The first-order valence-electron chi connectivity index (χ1n) is 48.4. The van der Waals surface area contributed by atoms with Gasteiger partial charge in [-0.25, -0.2) is 0 Å². The van der Waals surface area contributed by atoms with E-state index >= 15 is 14.4 Å². The van der Waals surface area contributed by atoms with E-state index in [0.717, 1.165) is 0 Å². The Balaban J connectivity index is 2.51. The highest BCUT2D eigenvalue weighted by atomic mass is 16.4. The van der Waals surface area contributed by atoms with Gasteiger partial charge in [-0.15, -0.1) is 0 Å². The van der Waals surface area contributed by atoms with Crippen LogP contribution in [-0.4, -0.2) is 253 Å². The summed E-state index contributed by atoms with van der Waals surface area (Å²) < 4.78 is 0. The van der Waals surface area contributed by atoms with E-state index in [2.05, 4.69) is 79.8 Å². The van der Waals surface area contributed by atoms with E-state index in [1.54, 1.807) is 99.6 Å². The van der Waals surface area contributed by atoms with Crippen LogP contribution in [0, 0.1) is 46.8 Å². The number of unbranched alkanes of at least 4 members (excludes halogenated alkanes) is 2. The van der Waals surface area contributed by atoms with Gasteiger partial charge in [-0.2, -0.15) is 0 Å². The van der Waals surface area contributed by atoms with Gasteiger partial charge in [0.1, 0.15) is 60.4 Å². The van der Waals surface area contributed by atoms with Crippen LogP contribution in [0.4, 0.5) is 0 Å². The number of rotatable bonds is 64. The topological polar surface area (TPSA) is 696 Å². The molecule has 0 bridgehead atoms. The second-order valence-electron chi connectivity index (χ2n) is 37.9. The van der Waals surface area contributed by atoms with Crippen LogP contribution in [0.15, 0.2) is 42.5 Å². The highest BCUT2D eigenvalue weighted by Crippen LogP contribution is 2.27. The third kappa shape index (κ3) is 45.5. The van der Waals surface area contributed by atoms with Crippen molar-refractivity contribution in [1.82, 2.24) is 79.8 Å². The molecule has 0 saturated carbocycles. The number of carboxylic acids is 4. The number of nitrogens with one attached hydrogen (secondary N) is 16. The summed E-state index contributed by atoms with van der Waals surface area (Å²) in [5.41, 5.74) is 8.60. The van der Waals surface area contributed by atoms with Crippen molar-refractivity contribution in [3.05, 3.63) is 48.0 Å². The van der Waals surface area contributed by atoms with Crippen LogP contribution in [0.3, 0.4) is 0 Å². The van der Waals surface area contributed by atoms with Gasteiger partial charge < -0.3 is 106 Å². The monoisotopic (exact) mass is 1960 g/mol. The van der Waals surface area contributed by atoms with Crippen LogP contribution in [0.2, 0.25) is 0 Å². The minimum atomic E-state index is -2.02. The van der Waals surface area contributed by atoms with Gasteiger partial charge in [0.15, 0.2) is 17.5 Å². The number of primary amides is 1. The molecule has 18 atom stereocenters. The molecule has 1 aliphatic heterocycles. The fourth-order valence-corrected chi connectivity index (χ4v) is 15.6. The molecule has 0 radical (unpaired) electrons. The first kappa shape index (κ1) is 123. The molecular weight excluding hydrogens is 1810 g/mol. The summed E-state index contributed by atoms with van der Waals surface area (Å²) in [5, 5.41) is 86.2. The maximum absolute atomic E-state index is 15.0. The molecule has 24 N–H and O–H groups in total. The smallest absolute Gasteiger partial charge is 0.305 e. The minimum Gasteiger partial charge on any atom is -0.481 e. The average molecular weight is 1960 g/mol. The van der Waals surface area contributed by atoms with Crippen molar-refractivity contribution in [3.8, 4) is 0 Å². The molecule has 43 heteroatoms. The fraction of sp³-hybridized carbons (Fsp3) is 0.688. The molecule has 0 fully saturated rings. The maximum Gasteiger partial charge on any atom is 0.305 e. The van der Waals surface area contributed by atoms with E-state index in [1.807, 2.05) is 26.0 Å². The van der Waals surface area contributed by atoms with Crippen molar-refractivity contribution < 1.29 is 121 Å². The molecule has 780 valence electrons. The lowest BCUT2D eigenvalue weighted by atomic mass is 9.82. The molecule has 1 heterocycles. The van der Waals surface area contributed by atoms with Crippen LogP contribution in [0.5, 0.6) is 0 Å². The number of guanidine groups is 1. The van der Waals surface area contributed by atoms with E-state index in [1.165, 1.54) is 27.7 Å². The molecule has 0 aliphatic carbocycles. The van der Waals surface area contributed by atoms with Gasteiger partial charge in [0.25, 0.3) is 0 Å². The van der Waals surface area contributed by atoms with Gasteiger partial charge in [0.2, 0.25) is 88.4 Å². The molecular formula is C96H156N18O25. The van der Waals surface area contributed by atoms with E-state index < -0.39 is 282 Å². The molecule has 0 spiro atoms. The summed E-state index contributed by atoms with van der Waals surface area (Å²) in [6.07, 6.45) is 3.53. The quantitative estimate of drug-likeness (QED) is 0.0146. The molecule has 0 saturated heterocycles. The first-order valence-corrected chi connectivity index (χ1v) is 48.4. The maximum atomic E-state index is 15.0. The number of ketones is 4. The Morgan fingerprint density at radius 2 is 0.899 bits per heavy atom. The normalized spacial score (nSPS) is 18.3. The molecule has 1 aromatic carbocycles. The van der Waals surface area contributed by atoms with Gasteiger partial charge in [-0.1, -0.05) is 164 Å². The zero-order valence-electron chi connectivity index (χ0n) is 83.5. The third-order valence-electron chi connectivity index (χ3n) is 24.5. The molecule has 13 amide bonds. The lowest BCUT2D eigenvalue weighted by Crippen LogP contribution is -2.61. The van der Waals surface area contributed by atoms with Crippen LogP contribution in [0.1, 0.15) is 277 Å². The van der Waals surface area contributed by atoms with Crippen molar-refractivity contribution in [2.45, 2.75) is 361 Å². The Hall–Kier alpha value is -12.2. The van der Waals surface area contributed by atoms with Crippen molar-refractivity contribution in [2.75, 3.05) is 19.6 Å². The Morgan fingerprint density at radius 1 is 0.453 bits per heavy atom. The summed E-state index contributed by atoms with van der Waals surface area (Å²) in [6, 6.07) is -10.2. The SMILES string of the molecule is CCCC[C@H](CC(=O)[C@]1(C)CCC/C=C\CCC[C@](C)(NC(=O)[C@H](CCCC)CN[C@@H](CC(C)C)C(=O)C(=O)[C@@H](NC(=O)C(CCC(=O)O)NC(=O)[C@H](CCC(=O)O)NC(=O)C(CC(=O)O)NC(=O)[C@@H](NC(=O)C(Cc2ccccc2)NC(C)=O)[C@@H](C)CC)C(C)C)C(=O)CN1)C(=O)NC(C)C(=O)N[C@@H](CC(C)C)C(=O)NC(CC(=O)O)C(=O)N[C@@H](CCCNC(=N)N)C(=O)N[C@H](C(N)=O)[C@@H](C)CC. The number of Topliss-reactive ketones (excluding diaryl/α,β-unsaturated/α-hetero) is 4. The first-order chi connectivity index (χ1) is 65.2. The van der Waals surface area contributed by atoms with E-state index in [9.17, 15) is 107 Å². The number of carboxylic acid groups (broad SMARTS) is 4. The number of carbonyl (C=O) groups excluding carboxylic acids is 17. The number of allylic oxidation sites excluding steroid dienone is 2. The van der Waals surface area contributed by atoms with E-state index in [0.29, 0.717) is 63.4 Å². The lowest BCUT2D eigenvalue weighted by Gasteiger charge is -2.35. The Bertz CT molecular complexity index is 4380. The van der Waals surface area contributed by atoms with Gasteiger partial charge in [0, 0.05) is 51.6 Å². The summed E-state index contributed by atoms with van der Waals surface area (Å²) >= 11 is 0. The molecule has 43 nitrogen and oxygen atoms in total. The molecule has 5 unspecified atom stereocenters. The average Bonchev–Trinajstić information content (AvgIpc) is 1.31. The predicted octanol–water partition coefficient (Wildman–Crippen LogP) is 2.24. The summed E-state index contributed by atoms with van der Waals surface area (Å²) in [7, 11) is 0. The lowest BCUT2D eigenvalue weighted by molar-refractivity contribution is -0.142. The number of hydrogen-bond acceptors (Lipinski definition) is 24. The summed E-state index contributed by atoms with van der Waals surface area (Å²) in [5.74, 6) is -26.6. The fourth-order valence-electron chi connectivity index (χ4n) is 15.6. The minimum absolute atomic E-state index is 0.00376. The number of hydrogen-bond donors (Lipinski definition) is 22. The largest absolute Gasteiger partial charge is 0.481 e. The summed E-state index contributed by atoms with van der Waals surface area (Å²) in [6.45, 7) is 25.5. The molecule has 0 aromatic heterocycles. The van der Waals surface area contributed by atoms with Crippen molar-refractivity contribution in [2.24, 2.45) is 52.9 Å². The van der Waals surface area contributed by atoms with E-state index in [-0.39, 0.29) is 102 Å². The number of amides is 13. The summed E-state index contributed by atoms with van der Waals surface area (Å²) in [4.78, 5) is 290. The van der Waals surface area contributed by atoms with Gasteiger partial charge in [0.05, 0.1) is 48.5 Å². The van der Waals surface area contributed by atoms with Crippen LogP contribution < -0.4 is 91.2 Å². The number of benzene rings is 1. The number of aliphatic carboxylic acids is 4. The zero-order valence-corrected chi connectivity index (χ0v) is 83.5. The van der Waals surface area contributed by atoms with Crippen LogP contribution in [-0.2, 0) is 107 Å². The van der Waals surface area contributed by atoms with E-state index in [4.69, 9.17) is 16.9 Å². The van der Waals surface area contributed by atoms with Crippen molar-refractivity contribution >= 4 is 130 Å².